The third-order valence-electron chi connectivity index (χ3n) is 6.11. The number of fused-ring (bicyclic) bond motifs is 2. The number of hydrogen-bond acceptors (Lipinski definition) is 6. The Labute approximate surface area is 192 Å². The number of nitrogens with one attached hydrogen (secondary N) is 1. The van der Waals surface area contributed by atoms with E-state index in [2.05, 4.69) is 42.5 Å². The van der Waals surface area contributed by atoms with Gasteiger partial charge in [0, 0.05) is 6.54 Å². The molecule has 32 heavy (non-hydrogen) atoms. The molecule has 7 heteroatoms. The van der Waals surface area contributed by atoms with E-state index in [-0.39, 0.29) is 18.3 Å². The fourth-order valence-corrected chi connectivity index (χ4v) is 5.24. The average molecular weight is 452 g/mol. The van der Waals surface area contributed by atoms with Gasteiger partial charge in [-0.3, -0.25) is 9.59 Å². The van der Waals surface area contributed by atoms with E-state index in [0.717, 1.165) is 39.3 Å². The van der Waals surface area contributed by atoms with Crippen LogP contribution in [0.25, 0.3) is 10.2 Å². The number of thiazole rings is 1. The van der Waals surface area contributed by atoms with Gasteiger partial charge in [-0.2, -0.15) is 0 Å². The lowest BCUT2D eigenvalue weighted by Crippen LogP contribution is -2.43. The first-order valence-corrected chi connectivity index (χ1v) is 11.7. The molecule has 6 nitrogen and oxygen atoms in total. The summed E-state index contributed by atoms with van der Waals surface area (Å²) in [6.07, 6.45) is 2.13. The molecule has 3 aromatic rings. The fourth-order valence-electron chi connectivity index (χ4n) is 4.36. The van der Waals surface area contributed by atoms with Crippen molar-refractivity contribution in [3.8, 4) is 0 Å². The molecule has 4 rings (SSSR count). The van der Waals surface area contributed by atoms with Crippen LogP contribution in [-0.4, -0.2) is 49.5 Å². The Morgan fingerprint density at radius 1 is 1.16 bits per heavy atom. The summed E-state index contributed by atoms with van der Waals surface area (Å²) in [4.78, 5) is 32.4. The number of ether oxygens (including phenoxy) is 1. The zero-order valence-corrected chi connectivity index (χ0v) is 19.6. The van der Waals surface area contributed by atoms with Gasteiger partial charge >= 0.3 is 5.97 Å². The summed E-state index contributed by atoms with van der Waals surface area (Å²) in [5.41, 5.74) is 3.65. The Hall–Kier alpha value is -2.77. The number of rotatable bonds is 8. The van der Waals surface area contributed by atoms with Gasteiger partial charge in [-0.1, -0.05) is 30.3 Å². The molecule has 1 aromatic heterocycles. The highest BCUT2D eigenvalue weighted by Gasteiger charge is 2.45. The number of carbonyl (C=O) groups excluding carboxylic acids is 2. The predicted octanol–water partition coefficient (Wildman–Crippen LogP) is 3.36. The SMILES string of the molecule is COC(=O)CC1(C(=O)NCc2nc3cc(CCN(C)C)ccc3s2)Cc2ccccc2C1. The van der Waals surface area contributed by atoms with Crippen molar-refractivity contribution in [2.24, 2.45) is 5.41 Å². The van der Waals surface area contributed by atoms with Gasteiger partial charge in [0.25, 0.3) is 0 Å². The second-order valence-electron chi connectivity index (χ2n) is 8.80. The fraction of sp³-hybridized carbons (Fsp3) is 0.400. The van der Waals surface area contributed by atoms with Crippen LogP contribution in [0, 0.1) is 5.41 Å². The first-order valence-electron chi connectivity index (χ1n) is 10.8. The van der Waals surface area contributed by atoms with Gasteiger partial charge in [-0.05, 0) is 62.2 Å². The van der Waals surface area contributed by atoms with Crippen LogP contribution in [-0.2, 0) is 40.1 Å². The van der Waals surface area contributed by atoms with Crippen LogP contribution in [0.4, 0.5) is 0 Å². The third kappa shape index (κ3) is 4.84. The number of nitrogens with zero attached hydrogens (tertiary/aromatic N) is 2. The summed E-state index contributed by atoms with van der Waals surface area (Å²) in [5, 5.41) is 3.92. The number of likely N-dealkylation sites (N-methyl/N-ethyl adjacent to an activating group) is 1. The Morgan fingerprint density at radius 2 is 1.88 bits per heavy atom. The lowest BCUT2D eigenvalue weighted by molar-refractivity contribution is -0.148. The van der Waals surface area contributed by atoms with Gasteiger partial charge in [0.05, 0.1) is 35.7 Å². The molecule has 1 aliphatic carbocycles. The molecule has 1 N–H and O–H groups in total. The second-order valence-corrected chi connectivity index (χ2v) is 9.92. The van der Waals surface area contributed by atoms with Gasteiger partial charge in [0.15, 0.2) is 0 Å². The highest BCUT2D eigenvalue weighted by Crippen LogP contribution is 2.40. The predicted molar refractivity (Wildman–Crippen MR) is 127 cm³/mol. The van der Waals surface area contributed by atoms with Crippen molar-refractivity contribution in [1.82, 2.24) is 15.2 Å². The second kappa shape index (κ2) is 9.38. The van der Waals surface area contributed by atoms with E-state index >= 15 is 0 Å². The van der Waals surface area contributed by atoms with Crippen molar-refractivity contribution in [3.63, 3.8) is 0 Å². The zero-order valence-electron chi connectivity index (χ0n) is 18.8. The van der Waals surface area contributed by atoms with E-state index in [1.807, 2.05) is 24.3 Å². The first-order chi connectivity index (χ1) is 15.4. The smallest absolute Gasteiger partial charge is 0.306 e. The number of carbonyl (C=O) groups is 2. The lowest BCUT2D eigenvalue weighted by Gasteiger charge is -2.26. The molecule has 1 amide bonds. The van der Waals surface area contributed by atoms with E-state index in [0.29, 0.717) is 19.4 Å². The zero-order chi connectivity index (χ0) is 22.7. The van der Waals surface area contributed by atoms with E-state index < -0.39 is 5.41 Å². The Balaban J connectivity index is 1.47. The van der Waals surface area contributed by atoms with Crippen molar-refractivity contribution in [2.75, 3.05) is 27.7 Å². The minimum atomic E-state index is -0.813. The maximum atomic E-state index is 13.3. The van der Waals surface area contributed by atoms with E-state index in [9.17, 15) is 9.59 Å². The first kappa shape index (κ1) is 22.4. The summed E-state index contributed by atoms with van der Waals surface area (Å²) in [7, 11) is 5.50. The normalized spacial score (nSPS) is 14.5. The molecule has 0 atom stereocenters. The number of amides is 1. The molecule has 1 heterocycles. The number of benzene rings is 2. The third-order valence-corrected chi connectivity index (χ3v) is 7.15. The number of hydrogen-bond donors (Lipinski definition) is 1. The van der Waals surface area contributed by atoms with Crippen LogP contribution >= 0.6 is 11.3 Å². The summed E-state index contributed by atoms with van der Waals surface area (Å²) in [6.45, 7) is 1.34. The van der Waals surface area contributed by atoms with Crippen LogP contribution in [0.2, 0.25) is 0 Å². The lowest BCUT2D eigenvalue weighted by atomic mass is 9.80. The van der Waals surface area contributed by atoms with Gasteiger partial charge in [0.2, 0.25) is 5.91 Å². The topological polar surface area (TPSA) is 71.5 Å². The van der Waals surface area contributed by atoms with Crippen LogP contribution in [0.5, 0.6) is 0 Å². The standard InChI is InChI=1S/C25H29N3O3S/c1-28(2)11-10-17-8-9-21-20(12-17)27-22(32-21)16-26-24(30)25(15-23(29)31-3)13-18-6-4-5-7-19(18)14-25/h4-9,12H,10-11,13-16H2,1-3H3,(H,26,30). The van der Waals surface area contributed by atoms with E-state index in [4.69, 9.17) is 9.72 Å². The highest BCUT2D eigenvalue weighted by molar-refractivity contribution is 7.18. The number of esters is 1. The molecule has 0 saturated carbocycles. The Kier molecular flexibility index (Phi) is 6.58. The molecule has 168 valence electrons. The van der Waals surface area contributed by atoms with Gasteiger partial charge in [0.1, 0.15) is 5.01 Å². The minimum Gasteiger partial charge on any atom is -0.469 e. The molecule has 2 aromatic carbocycles. The molecule has 0 saturated heterocycles. The van der Waals surface area contributed by atoms with Crippen molar-refractivity contribution in [3.05, 3.63) is 64.2 Å². The number of aromatic nitrogens is 1. The molecular weight excluding hydrogens is 422 g/mol. The molecule has 0 bridgehead atoms. The largest absolute Gasteiger partial charge is 0.469 e. The minimum absolute atomic E-state index is 0.0685. The molecule has 0 fully saturated rings. The Morgan fingerprint density at radius 3 is 2.53 bits per heavy atom. The van der Waals surface area contributed by atoms with Gasteiger partial charge < -0.3 is 15.0 Å². The molecule has 0 aliphatic heterocycles. The van der Waals surface area contributed by atoms with Crippen LogP contribution in [0.3, 0.4) is 0 Å². The average Bonchev–Trinajstić information content (AvgIpc) is 3.36. The Bertz CT molecular complexity index is 1110. The molecule has 0 spiro atoms. The molecule has 0 unspecified atom stereocenters. The number of methoxy groups -OCH3 is 1. The van der Waals surface area contributed by atoms with Crippen molar-refractivity contribution in [2.45, 2.75) is 32.2 Å². The van der Waals surface area contributed by atoms with Crippen molar-refractivity contribution in [1.29, 1.82) is 0 Å². The van der Waals surface area contributed by atoms with Gasteiger partial charge in [-0.15, -0.1) is 11.3 Å². The molecular formula is C25H29N3O3S. The van der Waals surface area contributed by atoms with Crippen LogP contribution < -0.4 is 5.32 Å². The van der Waals surface area contributed by atoms with Crippen LogP contribution in [0.15, 0.2) is 42.5 Å². The highest BCUT2D eigenvalue weighted by atomic mass is 32.1. The van der Waals surface area contributed by atoms with E-state index in [1.54, 1.807) is 11.3 Å². The summed E-state index contributed by atoms with van der Waals surface area (Å²) < 4.78 is 6.01. The maximum absolute atomic E-state index is 13.3. The maximum Gasteiger partial charge on any atom is 0.306 e. The molecule has 1 aliphatic rings. The summed E-state index contributed by atoms with van der Waals surface area (Å²) in [6, 6.07) is 14.4. The summed E-state index contributed by atoms with van der Waals surface area (Å²) >= 11 is 1.59. The van der Waals surface area contributed by atoms with Crippen LogP contribution in [0.1, 0.15) is 28.1 Å². The van der Waals surface area contributed by atoms with Crippen molar-refractivity contribution >= 4 is 33.4 Å². The van der Waals surface area contributed by atoms with Crippen molar-refractivity contribution < 1.29 is 14.3 Å². The monoisotopic (exact) mass is 451 g/mol. The summed E-state index contributed by atoms with van der Waals surface area (Å²) in [5.74, 6) is -0.483. The molecule has 0 radical (unpaired) electrons. The quantitative estimate of drug-likeness (QED) is 0.532. The van der Waals surface area contributed by atoms with Gasteiger partial charge in [-0.25, -0.2) is 4.98 Å². The van der Waals surface area contributed by atoms with E-state index in [1.165, 1.54) is 12.7 Å².